The lowest BCUT2D eigenvalue weighted by molar-refractivity contribution is -0.384. The standard InChI is InChI=1S/C19H17ClN4O3/c1-11-4-2-5-12-8-13(17(20)22-16(11)12)9-14-10-15(24(26)27)18-21-6-3-7-23(18)19(14)25/h2,4-5,8,10,21H,3,6-7,9H2,1H3. The molecule has 1 aliphatic heterocycles. The number of anilines is 1. The van der Waals surface area contributed by atoms with E-state index in [1.807, 2.05) is 31.2 Å². The third-order valence-electron chi connectivity index (χ3n) is 4.85. The molecule has 3 aromatic rings. The van der Waals surface area contributed by atoms with Crippen LogP contribution < -0.4 is 10.9 Å². The number of hydrogen-bond donors (Lipinski definition) is 1. The van der Waals surface area contributed by atoms with Gasteiger partial charge in [-0.15, -0.1) is 0 Å². The Morgan fingerprint density at radius 3 is 2.93 bits per heavy atom. The number of pyridine rings is 2. The summed E-state index contributed by atoms with van der Waals surface area (Å²) < 4.78 is 1.45. The van der Waals surface area contributed by atoms with E-state index in [2.05, 4.69) is 10.3 Å². The van der Waals surface area contributed by atoms with Crippen molar-refractivity contribution in [1.82, 2.24) is 9.55 Å². The van der Waals surface area contributed by atoms with E-state index < -0.39 is 4.92 Å². The number of aryl methyl sites for hydroxylation is 1. The van der Waals surface area contributed by atoms with Gasteiger partial charge in [-0.3, -0.25) is 19.5 Å². The van der Waals surface area contributed by atoms with Crippen LogP contribution in [-0.2, 0) is 13.0 Å². The molecule has 8 heteroatoms. The number of nitro groups is 1. The Morgan fingerprint density at radius 2 is 2.15 bits per heavy atom. The van der Waals surface area contributed by atoms with Gasteiger partial charge in [-0.1, -0.05) is 29.8 Å². The van der Waals surface area contributed by atoms with Crippen molar-refractivity contribution in [2.24, 2.45) is 0 Å². The van der Waals surface area contributed by atoms with Gasteiger partial charge >= 0.3 is 5.69 Å². The molecule has 1 aliphatic rings. The van der Waals surface area contributed by atoms with E-state index >= 15 is 0 Å². The summed E-state index contributed by atoms with van der Waals surface area (Å²) in [6, 6.07) is 9.06. The maximum Gasteiger partial charge on any atom is 0.310 e. The largest absolute Gasteiger partial charge is 0.366 e. The molecule has 0 atom stereocenters. The van der Waals surface area contributed by atoms with Crippen LogP contribution in [0.15, 0.2) is 35.1 Å². The highest BCUT2D eigenvalue weighted by Gasteiger charge is 2.25. The Morgan fingerprint density at radius 1 is 1.33 bits per heavy atom. The van der Waals surface area contributed by atoms with E-state index in [1.54, 1.807) is 0 Å². The lowest BCUT2D eigenvalue weighted by Gasteiger charge is -2.20. The number of para-hydroxylation sites is 1. The van der Waals surface area contributed by atoms with Gasteiger partial charge in [-0.25, -0.2) is 4.98 Å². The van der Waals surface area contributed by atoms with Crippen molar-refractivity contribution < 1.29 is 4.92 Å². The summed E-state index contributed by atoms with van der Waals surface area (Å²) in [5.74, 6) is 0.276. The number of halogens is 1. The summed E-state index contributed by atoms with van der Waals surface area (Å²) in [7, 11) is 0. The predicted molar refractivity (Wildman–Crippen MR) is 105 cm³/mol. The molecule has 3 heterocycles. The van der Waals surface area contributed by atoms with E-state index in [-0.39, 0.29) is 23.5 Å². The molecule has 0 radical (unpaired) electrons. The second-order valence-corrected chi connectivity index (χ2v) is 7.02. The minimum atomic E-state index is -0.462. The second kappa shape index (κ2) is 6.66. The number of fused-ring (bicyclic) bond motifs is 2. The predicted octanol–water partition coefficient (Wildman–Crippen LogP) is 3.67. The van der Waals surface area contributed by atoms with Crippen LogP contribution in [0.5, 0.6) is 0 Å². The zero-order valence-corrected chi connectivity index (χ0v) is 15.4. The molecule has 0 unspecified atom stereocenters. The van der Waals surface area contributed by atoms with E-state index in [0.717, 1.165) is 22.9 Å². The summed E-state index contributed by atoms with van der Waals surface area (Å²) >= 11 is 6.36. The first-order chi connectivity index (χ1) is 13.0. The van der Waals surface area contributed by atoms with Gasteiger partial charge in [0.05, 0.1) is 10.4 Å². The minimum Gasteiger partial charge on any atom is -0.366 e. The lowest BCUT2D eigenvalue weighted by atomic mass is 10.0. The quantitative estimate of drug-likeness (QED) is 0.422. The van der Waals surface area contributed by atoms with E-state index in [9.17, 15) is 14.9 Å². The molecule has 0 aliphatic carbocycles. The Bertz CT molecular complexity index is 1140. The van der Waals surface area contributed by atoms with Crippen LogP contribution in [0.4, 0.5) is 11.5 Å². The summed E-state index contributed by atoms with van der Waals surface area (Å²) in [6.07, 6.45) is 0.931. The summed E-state index contributed by atoms with van der Waals surface area (Å²) in [5.41, 5.74) is 2.50. The average molecular weight is 385 g/mol. The monoisotopic (exact) mass is 384 g/mol. The summed E-state index contributed by atoms with van der Waals surface area (Å²) in [6.45, 7) is 3.02. The normalized spacial score (nSPS) is 13.3. The summed E-state index contributed by atoms with van der Waals surface area (Å²) in [5, 5.41) is 15.7. The molecule has 0 spiro atoms. The van der Waals surface area contributed by atoms with Crippen molar-refractivity contribution in [3.8, 4) is 0 Å². The van der Waals surface area contributed by atoms with Gasteiger partial charge in [0, 0.05) is 36.5 Å². The number of aromatic nitrogens is 2. The number of hydrogen-bond acceptors (Lipinski definition) is 5. The first-order valence-electron chi connectivity index (χ1n) is 8.65. The fourth-order valence-corrected chi connectivity index (χ4v) is 3.72. The Labute approximate surface area is 159 Å². The van der Waals surface area contributed by atoms with Crippen molar-refractivity contribution in [3.63, 3.8) is 0 Å². The fourth-order valence-electron chi connectivity index (χ4n) is 3.51. The summed E-state index contributed by atoms with van der Waals surface area (Å²) in [4.78, 5) is 28.3. The zero-order chi connectivity index (χ0) is 19.1. The van der Waals surface area contributed by atoms with Gasteiger partial charge in [0.2, 0.25) is 0 Å². The van der Waals surface area contributed by atoms with Gasteiger partial charge in [0.25, 0.3) is 5.56 Å². The Kier molecular flexibility index (Phi) is 4.31. The molecule has 0 amide bonds. The molecular formula is C19H17ClN4O3. The van der Waals surface area contributed by atoms with Crippen molar-refractivity contribution in [3.05, 3.63) is 72.6 Å². The highest BCUT2D eigenvalue weighted by atomic mass is 35.5. The number of rotatable bonds is 3. The molecule has 7 nitrogen and oxygen atoms in total. The second-order valence-electron chi connectivity index (χ2n) is 6.66. The maximum absolute atomic E-state index is 12.9. The molecule has 0 saturated heterocycles. The highest BCUT2D eigenvalue weighted by Crippen LogP contribution is 2.29. The van der Waals surface area contributed by atoms with Gasteiger partial charge in [-0.2, -0.15) is 0 Å². The number of nitrogens with zero attached hydrogens (tertiary/aromatic N) is 3. The maximum atomic E-state index is 12.9. The molecule has 27 heavy (non-hydrogen) atoms. The molecular weight excluding hydrogens is 368 g/mol. The van der Waals surface area contributed by atoms with Crippen LogP contribution in [0.3, 0.4) is 0 Å². The SMILES string of the molecule is Cc1cccc2cc(Cc3cc([N+](=O)[O-])c4n(c3=O)CCCN4)c(Cl)nc12. The van der Waals surface area contributed by atoms with E-state index in [1.165, 1.54) is 10.6 Å². The van der Waals surface area contributed by atoms with Gasteiger partial charge < -0.3 is 5.32 Å². The smallest absolute Gasteiger partial charge is 0.310 e. The third kappa shape index (κ3) is 3.04. The highest BCUT2D eigenvalue weighted by molar-refractivity contribution is 6.30. The molecule has 0 fully saturated rings. The van der Waals surface area contributed by atoms with Crippen molar-refractivity contribution in [2.75, 3.05) is 11.9 Å². The van der Waals surface area contributed by atoms with Gasteiger partial charge in [-0.05, 0) is 30.5 Å². The van der Waals surface area contributed by atoms with E-state index in [0.29, 0.717) is 29.4 Å². The van der Waals surface area contributed by atoms with Crippen molar-refractivity contribution in [1.29, 1.82) is 0 Å². The Balaban J connectivity index is 1.84. The molecule has 138 valence electrons. The molecule has 0 saturated carbocycles. The third-order valence-corrected chi connectivity index (χ3v) is 5.17. The zero-order valence-electron chi connectivity index (χ0n) is 14.7. The molecule has 4 rings (SSSR count). The van der Waals surface area contributed by atoms with Crippen LogP contribution in [0.2, 0.25) is 5.15 Å². The minimum absolute atomic E-state index is 0.0926. The lowest BCUT2D eigenvalue weighted by Crippen LogP contribution is -2.32. The molecule has 2 aromatic heterocycles. The molecule has 1 aromatic carbocycles. The van der Waals surface area contributed by atoms with Crippen LogP contribution >= 0.6 is 11.6 Å². The van der Waals surface area contributed by atoms with Crippen molar-refractivity contribution >= 4 is 34.0 Å². The number of nitrogens with one attached hydrogen (secondary N) is 1. The first-order valence-corrected chi connectivity index (χ1v) is 9.03. The van der Waals surface area contributed by atoms with Crippen molar-refractivity contribution in [2.45, 2.75) is 26.3 Å². The van der Waals surface area contributed by atoms with Crippen LogP contribution in [-0.4, -0.2) is 21.0 Å². The number of benzene rings is 1. The van der Waals surface area contributed by atoms with E-state index in [4.69, 9.17) is 11.6 Å². The van der Waals surface area contributed by atoms with Crippen LogP contribution in [0, 0.1) is 17.0 Å². The van der Waals surface area contributed by atoms with Crippen LogP contribution in [0.25, 0.3) is 10.9 Å². The van der Waals surface area contributed by atoms with Gasteiger partial charge in [0.1, 0.15) is 5.15 Å². The Hall–Kier alpha value is -2.93. The van der Waals surface area contributed by atoms with Gasteiger partial charge in [0.15, 0.2) is 5.82 Å². The molecule has 1 N–H and O–H groups in total. The average Bonchev–Trinajstić information content (AvgIpc) is 2.65. The van der Waals surface area contributed by atoms with Crippen LogP contribution in [0.1, 0.15) is 23.1 Å². The molecule has 0 bridgehead atoms. The topological polar surface area (TPSA) is 90.1 Å². The fraction of sp³-hybridized carbons (Fsp3) is 0.263. The first kappa shape index (κ1) is 17.5.